The van der Waals surface area contributed by atoms with Crippen LogP contribution in [0.4, 0.5) is 4.39 Å². The summed E-state index contributed by atoms with van der Waals surface area (Å²) in [6.45, 7) is 9.14. The molecule has 0 spiro atoms. The van der Waals surface area contributed by atoms with Gasteiger partial charge in [-0.15, -0.1) is 0 Å². The fourth-order valence-electron chi connectivity index (χ4n) is 4.78. The quantitative estimate of drug-likeness (QED) is 0.294. The van der Waals surface area contributed by atoms with Gasteiger partial charge in [-0.1, -0.05) is 45.0 Å². The van der Waals surface area contributed by atoms with Crippen LogP contribution in [0, 0.1) is 17.2 Å². The largest absolute Gasteiger partial charge is 0.494 e. The molecule has 4 rings (SSSR count). The third kappa shape index (κ3) is 7.31. The maximum Gasteiger partial charge on any atom is 0.303 e. The van der Waals surface area contributed by atoms with Gasteiger partial charge in [0.25, 0.3) is 0 Å². The molecule has 6 heteroatoms. The number of ether oxygens (including phenoxy) is 2. The van der Waals surface area contributed by atoms with Gasteiger partial charge in [-0.05, 0) is 84.4 Å². The fraction of sp³-hybridized carbons (Fsp3) is 0.419. The van der Waals surface area contributed by atoms with Crippen molar-refractivity contribution in [1.82, 2.24) is 4.98 Å². The summed E-state index contributed by atoms with van der Waals surface area (Å²) < 4.78 is 26.6. The predicted molar refractivity (Wildman–Crippen MR) is 142 cm³/mol. The molecule has 0 aliphatic heterocycles. The molecule has 0 bridgehead atoms. The minimum atomic E-state index is -0.765. The second kappa shape index (κ2) is 11.3. The Labute approximate surface area is 218 Å². The molecule has 0 saturated heterocycles. The van der Waals surface area contributed by atoms with Gasteiger partial charge >= 0.3 is 5.97 Å². The zero-order valence-electron chi connectivity index (χ0n) is 22.1. The monoisotopic (exact) mass is 505 g/mol. The molecule has 1 N–H and O–H groups in total. The second-order valence-corrected chi connectivity index (χ2v) is 11.1. The van der Waals surface area contributed by atoms with Gasteiger partial charge in [0.2, 0.25) is 0 Å². The summed E-state index contributed by atoms with van der Waals surface area (Å²) in [6.07, 6.45) is 4.65. The molecule has 1 aromatic heterocycles. The number of aromatic nitrogens is 1. The lowest BCUT2D eigenvalue weighted by Crippen LogP contribution is -2.11. The summed E-state index contributed by atoms with van der Waals surface area (Å²) in [5.41, 5.74) is 3.89. The van der Waals surface area contributed by atoms with Crippen molar-refractivity contribution in [1.29, 1.82) is 0 Å². The van der Waals surface area contributed by atoms with Crippen molar-refractivity contribution in [3.05, 3.63) is 77.2 Å². The van der Waals surface area contributed by atoms with Crippen molar-refractivity contribution in [3.63, 3.8) is 0 Å². The fourth-order valence-corrected chi connectivity index (χ4v) is 4.78. The van der Waals surface area contributed by atoms with Crippen LogP contribution in [0.3, 0.4) is 0 Å². The van der Waals surface area contributed by atoms with Gasteiger partial charge in [0, 0.05) is 5.56 Å². The summed E-state index contributed by atoms with van der Waals surface area (Å²) in [5.74, 6) is 0.598. The van der Waals surface area contributed by atoms with E-state index in [1.54, 1.807) is 18.3 Å². The van der Waals surface area contributed by atoms with Gasteiger partial charge in [-0.25, -0.2) is 4.39 Å². The third-order valence-electron chi connectivity index (χ3n) is 6.54. The number of hydrogen-bond acceptors (Lipinski definition) is 4. The van der Waals surface area contributed by atoms with Crippen molar-refractivity contribution in [2.75, 3.05) is 6.61 Å². The van der Waals surface area contributed by atoms with E-state index in [9.17, 15) is 14.3 Å². The number of pyridine rings is 1. The zero-order chi connectivity index (χ0) is 26.6. The van der Waals surface area contributed by atoms with Crippen LogP contribution >= 0.6 is 0 Å². The van der Waals surface area contributed by atoms with E-state index in [0.717, 1.165) is 29.5 Å². The first kappa shape index (κ1) is 26.6. The van der Waals surface area contributed by atoms with Crippen molar-refractivity contribution < 1.29 is 23.8 Å². The molecule has 2 aromatic carbocycles. The lowest BCUT2D eigenvalue weighted by Gasteiger charge is -2.21. The number of benzene rings is 2. The molecule has 196 valence electrons. The van der Waals surface area contributed by atoms with Crippen LogP contribution in [-0.2, 0) is 17.8 Å². The molecule has 37 heavy (non-hydrogen) atoms. The number of nitrogens with zero attached hydrogens (tertiary/aromatic N) is 1. The highest BCUT2D eigenvalue weighted by molar-refractivity contribution is 5.68. The minimum absolute atomic E-state index is 0.0409. The highest BCUT2D eigenvalue weighted by atomic mass is 19.1. The van der Waals surface area contributed by atoms with Crippen LogP contribution in [0.5, 0.6) is 11.5 Å². The van der Waals surface area contributed by atoms with E-state index in [-0.39, 0.29) is 23.6 Å². The SMILES string of the molecule is CCOc1ccc(F)c(-c2ncc(OCc3cccc(C(CC(=O)O)C4CC4)c3)cc2CC(C)(C)C)c1. The molecule has 1 atom stereocenters. The average Bonchev–Trinajstić information content (AvgIpc) is 3.67. The van der Waals surface area contributed by atoms with E-state index in [4.69, 9.17) is 9.47 Å². The van der Waals surface area contributed by atoms with Crippen molar-refractivity contribution in [2.24, 2.45) is 11.3 Å². The van der Waals surface area contributed by atoms with E-state index in [1.807, 2.05) is 31.2 Å². The Balaban J connectivity index is 1.57. The van der Waals surface area contributed by atoms with Gasteiger partial charge < -0.3 is 14.6 Å². The Morgan fingerprint density at radius 3 is 2.57 bits per heavy atom. The normalized spacial score (nSPS) is 14.3. The first-order chi connectivity index (χ1) is 17.6. The first-order valence-electron chi connectivity index (χ1n) is 13.0. The van der Waals surface area contributed by atoms with Crippen LogP contribution in [0.15, 0.2) is 54.7 Å². The van der Waals surface area contributed by atoms with Gasteiger partial charge in [-0.3, -0.25) is 9.78 Å². The summed E-state index contributed by atoms with van der Waals surface area (Å²) in [4.78, 5) is 16.0. The Bertz CT molecular complexity index is 1250. The van der Waals surface area contributed by atoms with E-state index < -0.39 is 5.97 Å². The number of carboxylic acid groups (broad SMARTS) is 1. The molecule has 0 radical (unpaired) electrons. The zero-order valence-corrected chi connectivity index (χ0v) is 22.1. The highest BCUT2D eigenvalue weighted by Gasteiger charge is 2.33. The van der Waals surface area contributed by atoms with E-state index >= 15 is 0 Å². The van der Waals surface area contributed by atoms with Crippen LogP contribution in [0.1, 0.15) is 69.6 Å². The Kier molecular flexibility index (Phi) is 8.16. The molecule has 1 saturated carbocycles. The van der Waals surface area contributed by atoms with Crippen LogP contribution in [0.2, 0.25) is 0 Å². The van der Waals surface area contributed by atoms with Crippen LogP contribution in [-0.4, -0.2) is 22.7 Å². The van der Waals surface area contributed by atoms with E-state index in [0.29, 0.717) is 48.3 Å². The van der Waals surface area contributed by atoms with Crippen LogP contribution < -0.4 is 9.47 Å². The number of rotatable bonds is 11. The van der Waals surface area contributed by atoms with E-state index in [1.165, 1.54) is 6.07 Å². The first-order valence-corrected chi connectivity index (χ1v) is 13.0. The molecule has 1 fully saturated rings. The smallest absolute Gasteiger partial charge is 0.303 e. The standard InChI is InChI=1S/C31H36FNO4/c1-5-36-24-11-12-28(32)27(15-24)30-23(17-31(2,3)4)14-25(18-33-30)37-19-20-7-6-8-22(13-20)26(16-29(34)35)21-9-10-21/h6-8,11-15,18,21,26H,5,9-10,16-17,19H2,1-4H3,(H,34,35). The Hall–Kier alpha value is -3.41. The highest BCUT2D eigenvalue weighted by Crippen LogP contribution is 2.44. The van der Waals surface area contributed by atoms with Gasteiger partial charge in [0.15, 0.2) is 0 Å². The molecule has 1 aliphatic rings. The predicted octanol–water partition coefficient (Wildman–Crippen LogP) is 7.42. The Morgan fingerprint density at radius 1 is 1.11 bits per heavy atom. The lowest BCUT2D eigenvalue weighted by atomic mass is 9.86. The molecule has 1 heterocycles. The number of carbonyl (C=O) groups is 1. The van der Waals surface area contributed by atoms with Crippen molar-refractivity contribution in [3.8, 4) is 22.8 Å². The molecular weight excluding hydrogens is 469 g/mol. The minimum Gasteiger partial charge on any atom is -0.494 e. The summed E-state index contributed by atoms with van der Waals surface area (Å²) in [5, 5.41) is 9.35. The summed E-state index contributed by atoms with van der Waals surface area (Å²) in [7, 11) is 0. The third-order valence-corrected chi connectivity index (χ3v) is 6.54. The number of hydrogen-bond donors (Lipinski definition) is 1. The van der Waals surface area contributed by atoms with Crippen LogP contribution in [0.25, 0.3) is 11.3 Å². The maximum absolute atomic E-state index is 14.9. The number of carboxylic acids is 1. The van der Waals surface area contributed by atoms with Gasteiger partial charge in [-0.2, -0.15) is 0 Å². The molecule has 3 aromatic rings. The van der Waals surface area contributed by atoms with Crippen molar-refractivity contribution in [2.45, 2.75) is 65.9 Å². The molecular formula is C31H36FNO4. The second-order valence-electron chi connectivity index (χ2n) is 11.1. The van der Waals surface area contributed by atoms with Crippen molar-refractivity contribution >= 4 is 5.97 Å². The molecule has 5 nitrogen and oxygen atoms in total. The molecule has 1 aliphatic carbocycles. The molecule has 0 amide bonds. The topological polar surface area (TPSA) is 68.7 Å². The number of halogens is 1. The van der Waals surface area contributed by atoms with Gasteiger partial charge in [0.1, 0.15) is 23.9 Å². The number of aliphatic carboxylic acids is 1. The maximum atomic E-state index is 14.9. The summed E-state index contributed by atoms with van der Waals surface area (Å²) >= 11 is 0. The van der Waals surface area contributed by atoms with Gasteiger partial charge in [0.05, 0.1) is 24.9 Å². The summed E-state index contributed by atoms with van der Waals surface area (Å²) in [6, 6.07) is 14.7. The average molecular weight is 506 g/mol. The molecule has 1 unspecified atom stereocenters. The Morgan fingerprint density at radius 2 is 1.89 bits per heavy atom. The lowest BCUT2D eigenvalue weighted by molar-refractivity contribution is -0.137. The van der Waals surface area contributed by atoms with E-state index in [2.05, 4.69) is 31.8 Å².